The van der Waals surface area contributed by atoms with E-state index in [9.17, 15) is 0 Å². The van der Waals surface area contributed by atoms with Gasteiger partial charge in [0, 0.05) is 31.1 Å². The first-order valence-electron chi connectivity index (χ1n) is 7.62. The molecule has 0 spiro atoms. The monoisotopic (exact) mass is 385 g/mol. The SMILES string of the molecule is CC(C)(C)S/N=C/c1ccc(SC2CCCCC2)cc1Br. The van der Waals surface area contributed by atoms with Crippen molar-refractivity contribution in [3.05, 3.63) is 28.2 Å². The molecule has 21 heavy (non-hydrogen) atoms. The summed E-state index contributed by atoms with van der Waals surface area (Å²) in [6, 6.07) is 6.64. The minimum absolute atomic E-state index is 0.166. The zero-order chi connectivity index (χ0) is 15.3. The largest absolute Gasteiger partial charge is 0.223 e. The van der Waals surface area contributed by atoms with Crippen LogP contribution in [0.2, 0.25) is 0 Å². The maximum Gasteiger partial charge on any atom is 0.0435 e. The molecule has 1 aliphatic rings. The molecule has 0 radical (unpaired) electrons. The number of thioether (sulfide) groups is 1. The van der Waals surface area contributed by atoms with Crippen molar-refractivity contribution >= 4 is 45.9 Å². The van der Waals surface area contributed by atoms with Crippen molar-refractivity contribution in [3.8, 4) is 0 Å². The Kier molecular flexibility index (Phi) is 6.70. The van der Waals surface area contributed by atoms with Crippen LogP contribution in [0.5, 0.6) is 0 Å². The molecule has 0 atom stereocenters. The van der Waals surface area contributed by atoms with Gasteiger partial charge >= 0.3 is 0 Å². The van der Waals surface area contributed by atoms with Crippen LogP contribution in [-0.4, -0.2) is 16.2 Å². The van der Waals surface area contributed by atoms with Crippen LogP contribution in [0.25, 0.3) is 0 Å². The van der Waals surface area contributed by atoms with Gasteiger partial charge in [0.1, 0.15) is 0 Å². The third-order valence-electron chi connectivity index (χ3n) is 3.35. The highest BCUT2D eigenvalue weighted by Crippen LogP contribution is 2.35. The molecule has 2 rings (SSSR count). The molecule has 1 saturated carbocycles. The van der Waals surface area contributed by atoms with Crippen molar-refractivity contribution in [2.45, 2.75) is 67.8 Å². The van der Waals surface area contributed by atoms with Gasteiger partial charge in [0.05, 0.1) is 0 Å². The lowest BCUT2D eigenvalue weighted by atomic mass is 10.0. The summed E-state index contributed by atoms with van der Waals surface area (Å²) in [6.45, 7) is 6.52. The Hall–Kier alpha value is 0.0700. The normalized spacial score (nSPS) is 17.5. The third kappa shape index (κ3) is 6.37. The van der Waals surface area contributed by atoms with Crippen molar-refractivity contribution in [2.75, 3.05) is 0 Å². The van der Waals surface area contributed by atoms with Gasteiger partial charge < -0.3 is 0 Å². The molecule has 0 aliphatic heterocycles. The van der Waals surface area contributed by atoms with Crippen LogP contribution in [0.15, 0.2) is 32.0 Å². The van der Waals surface area contributed by atoms with Gasteiger partial charge in [-0.15, -0.1) is 11.8 Å². The predicted molar refractivity (Wildman–Crippen MR) is 102 cm³/mol. The highest BCUT2D eigenvalue weighted by Gasteiger charge is 2.15. The molecule has 1 aliphatic carbocycles. The summed E-state index contributed by atoms with van der Waals surface area (Å²) >= 11 is 7.33. The van der Waals surface area contributed by atoms with Crippen LogP contribution >= 0.6 is 39.6 Å². The molecule has 0 amide bonds. The Morgan fingerprint density at radius 1 is 1.19 bits per heavy atom. The van der Waals surface area contributed by atoms with Crippen LogP contribution in [-0.2, 0) is 0 Å². The molecule has 0 heterocycles. The smallest absolute Gasteiger partial charge is 0.0435 e. The lowest BCUT2D eigenvalue weighted by molar-refractivity contribution is 0.516. The molecular weight excluding hydrogens is 362 g/mol. The van der Waals surface area contributed by atoms with E-state index in [2.05, 4.69) is 59.3 Å². The standard InChI is InChI=1S/C17H24BrNS2/c1-17(2,3)21-19-12-13-9-10-15(11-16(13)18)20-14-7-5-4-6-8-14/h9-12,14H,4-8H2,1-3H3/b19-12+. The van der Waals surface area contributed by atoms with Gasteiger partial charge in [-0.25, -0.2) is 4.40 Å². The fraction of sp³-hybridized carbons (Fsp3) is 0.588. The number of benzene rings is 1. The van der Waals surface area contributed by atoms with Crippen LogP contribution in [0, 0.1) is 0 Å². The lowest BCUT2D eigenvalue weighted by Crippen LogP contribution is -2.07. The Bertz CT molecular complexity index is 488. The van der Waals surface area contributed by atoms with Gasteiger partial charge in [0.25, 0.3) is 0 Å². The van der Waals surface area contributed by atoms with Crippen LogP contribution < -0.4 is 0 Å². The van der Waals surface area contributed by atoms with Gasteiger partial charge in [0.15, 0.2) is 0 Å². The number of halogens is 1. The molecule has 1 fully saturated rings. The van der Waals surface area contributed by atoms with E-state index in [4.69, 9.17) is 0 Å². The Balaban J connectivity index is 1.96. The summed E-state index contributed by atoms with van der Waals surface area (Å²) in [4.78, 5) is 1.37. The van der Waals surface area contributed by atoms with Gasteiger partial charge in [-0.05, 0) is 57.7 Å². The summed E-state index contributed by atoms with van der Waals surface area (Å²) in [5, 5.41) is 0.807. The van der Waals surface area contributed by atoms with Crippen molar-refractivity contribution in [1.29, 1.82) is 0 Å². The van der Waals surface area contributed by atoms with E-state index in [1.54, 1.807) is 11.9 Å². The Morgan fingerprint density at radius 3 is 2.52 bits per heavy atom. The lowest BCUT2D eigenvalue weighted by Gasteiger charge is -2.21. The van der Waals surface area contributed by atoms with E-state index >= 15 is 0 Å². The zero-order valence-corrected chi connectivity index (χ0v) is 16.3. The summed E-state index contributed by atoms with van der Waals surface area (Å²) in [5.41, 5.74) is 1.15. The number of nitrogens with zero attached hydrogens (tertiary/aromatic N) is 1. The number of rotatable bonds is 4. The molecule has 0 aromatic heterocycles. The van der Waals surface area contributed by atoms with Crippen molar-refractivity contribution in [2.24, 2.45) is 4.40 Å². The van der Waals surface area contributed by atoms with E-state index in [0.717, 1.165) is 15.3 Å². The second kappa shape index (κ2) is 8.07. The first kappa shape index (κ1) is 17.4. The highest BCUT2D eigenvalue weighted by atomic mass is 79.9. The third-order valence-corrected chi connectivity index (χ3v) is 6.12. The van der Waals surface area contributed by atoms with Crippen LogP contribution in [0.4, 0.5) is 0 Å². The molecule has 0 unspecified atom stereocenters. The maximum absolute atomic E-state index is 4.47. The second-order valence-electron chi connectivity index (χ2n) is 6.50. The molecule has 0 N–H and O–H groups in total. The zero-order valence-electron chi connectivity index (χ0n) is 13.1. The molecule has 116 valence electrons. The second-order valence-corrected chi connectivity index (χ2v) is 10.3. The van der Waals surface area contributed by atoms with E-state index in [1.165, 1.54) is 37.0 Å². The van der Waals surface area contributed by atoms with Gasteiger partial charge in [-0.3, -0.25) is 0 Å². The summed E-state index contributed by atoms with van der Waals surface area (Å²) in [5.74, 6) is 0. The molecule has 1 nitrogen and oxygen atoms in total. The Morgan fingerprint density at radius 2 is 1.90 bits per heavy atom. The fourth-order valence-corrected chi connectivity index (χ4v) is 4.70. The summed E-state index contributed by atoms with van der Waals surface area (Å²) in [7, 11) is 0. The molecule has 1 aromatic carbocycles. The summed E-state index contributed by atoms with van der Waals surface area (Å²) < 4.78 is 5.78. The summed E-state index contributed by atoms with van der Waals surface area (Å²) in [6.07, 6.45) is 8.90. The molecule has 1 aromatic rings. The van der Waals surface area contributed by atoms with Crippen molar-refractivity contribution in [1.82, 2.24) is 0 Å². The van der Waals surface area contributed by atoms with E-state index in [-0.39, 0.29) is 4.75 Å². The predicted octanol–water partition coefficient (Wildman–Crippen LogP) is 6.74. The van der Waals surface area contributed by atoms with Crippen molar-refractivity contribution < 1.29 is 0 Å². The Labute approximate surface area is 146 Å². The molecular formula is C17H24BrNS2. The average molecular weight is 386 g/mol. The first-order valence-corrected chi connectivity index (χ1v) is 10.1. The molecule has 4 heteroatoms. The van der Waals surface area contributed by atoms with Gasteiger partial charge in [-0.1, -0.05) is 41.3 Å². The average Bonchev–Trinajstić information content (AvgIpc) is 2.41. The van der Waals surface area contributed by atoms with Crippen LogP contribution in [0.3, 0.4) is 0 Å². The van der Waals surface area contributed by atoms with Crippen LogP contribution in [0.1, 0.15) is 58.4 Å². The maximum atomic E-state index is 4.47. The van der Waals surface area contributed by atoms with Gasteiger partial charge in [-0.2, -0.15) is 0 Å². The van der Waals surface area contributed by atoms with Crippen molar-refractivity contribution in [3.63, 3.8) is 0 Å². The first-order chi connectivity index (χ1) is 9.94. The van der Waals surface area contributed by atoms with E-state index in [1.807, 2.05) is 18.0 Å². The quantitative estimate of drug-likeness (QED) is 0.420. The minimum atomic E-state index is 0.166. The topological polar surface area (TPSA) is 12.4 Å². The molecule has 0 bridgehead atoms. The van der Waals surface area contributed by atoms with Gasteiger partial charge in [0.2, 0.25) is 0 Å². The van der Waals surface area contributed by atoms with E-state index in [0.29, 0.717) is 0 Å². The number of hydrogen-bond donors (Lipinski definition) is 0. The van der Waals surface area contributed by atoms with E-state index < -0.39 is 0 Å². The number of hydrogen-bond acceptors (Lipinski definition) is 3. The fourth-order valence-electron chi connectivity index (χ4n) is 2.30. The molecule has 0 saturated heterocycles. The highest BCUT2D eigenvalue weighted by molar-refractivity contribution is 9.10. The minimum Gasteiger partial charge on any atom is -0.223 e.